The van der Waals surface area contributed by atoms with E-state index in [1.807, 2.05) is 30.3 Å². The normalized spacial score (nSPS) is 20.7. The highest BCUT2D eigenvalue weighted by Crippen LogP contribution is 2.42. The molecule has 16 nitrogen and oxygen atoms in total. The Morgan fingerprint density at radius 3 is 2.41 bits per heavy atom. The third-order valence-corrected chi connectivity index (χ3v) is 16.9. The van der Waals surface area contributed by atoms with Crippen LogP contribution in [0.4, 0.5) is 34.5 Å². The van der Waals surface area contributed by atoms with Gasteiger partial charge in [0.1, 0.15) is 24.8 Å². The van der Waals surface area contributed by atoms with Gasteiger partial charge in [-0.3, -0.25) is 29.6 Å². The molecule has 3 N–H and O–H groups in total. The fraction of sp³-hybridized carbons (Fsp3) is 0.451. The number of piperazine rings is 1. The Kier molecular flexibility index (Phi) is 13.4. The van der Waals surface area contributed by atoms with Gasteiger partial charge in [0.15, 0.2) is 0 Å². The van der Waals surface area contributed by atoms with E-state index < -0.39 is 13.2 Å². The van der Waals surface area contributed by atoms with Crippen LogP contribution >= 0.6 is 23.1 Å². The molecule has 5 aliphatic rings. The Morgan fingerprint density at radius 2 is 1.65 bits per heavy atom. The van der Waals surface area contributed by atoms with E-state index in [4.69, 9.17) is 9.72 Å². The summed E-state index contributed by atoms with van der Waals surface area (Å²) in [5.41, 5.74) is 7.39. The van der Waals surface area contributed by atoms with Crippen molar-refractivity contribution in [2.24, 2.45) is 5.92 Å². The number of imide groups is 1. The smallest absolute Gasteiger partial charge is 0.255 e. The molecule has 4 saturated heterocycles. The average Bonchev–Trinajstić information content (AvgIpc) is 3.95. The minimum Gasteiger partial charge on any atom is -0.494 e. The van der Waals surface area contributed by atoms with Crippen LogP contribution in [0.5, 0.6) is 5.75 Å². The first-order valence-electron chi connectivity index (χ1n) is 24.3. The highest BCUT2D eigenvalue weighted by Gasteiger charge is 2.40. The number of hydrogen-bond acceptors (Lipinski definition) is 14. The zero-order valence-corrected chi connectivity index (χ0v) is 42.3. The molecular weight excluding hydrogens is 958 g/mol. The van der Waals surface area contributed by atoms with Crippen LogP contribution in [-0.4, -0.2) is 139 Å². The summed E-state index contributed by atoms with van der Waals surface area (Å²) in [5.74, 6) is 1.44. The lowest BCUT2D eigenvalue weighted by atomic mass is 9.99. The number of fused-ring (bicyclic) bond motifs is 2. The van der Waals surface area contributed by atoms with Gasteiger partial charge in [-0.05, 0) is 109 Å². The molecule has 5 aromatic rings. The molecule has 362 valence electrons. The lowest BCUT2D eigenvalue weighted by molar-refractivity contribution is -0.136. The van der Waals surface area contributed by atoms with Gasteiger partial charge >= 0.3 is 0 Å². The molecule has 69 heavy (non-hydrogen) atoms. The van der Waals surface area contributed by atoms with Gasteiger partial charge in [-0.15, -0.1) is 0 Å². The molecule has 18 heteroatoms. The van der Waals surface area contributed by atoms with Crippen LogP contribution < -0.4 is 35.8 Å². The summed E-state index contributed by atoms with van der Waals surface area (Å²) in [7, 11) is -1.02. The molecule has 10 rings (SSSR count). The van der Waals surface area contributed by atoms with Crippen molar-refractivity contribution in [1.29, 1.82) is 0 Å². The van der Waals surface area contributed by atoms with Crippen LogP contribution in [-0.2, 0) is 27.1 Å². The van der Waals surface area contributed by atoms with Gasteiger partial charge in [0, 0.05) is 118 Å². The number of carbonyl (C=O) groups is 3. The Morgan fingerprint density at radius 1 is 0.870 bits per heavy atom. The number of anilines is 6. The molecule has 3 aromatic carbocycles. The van der Waals surface area contributed by atoms with Crippen LogP contribution in [0.2, 0.25) is 0 Å². The van der Waals surface area contributed by atoms with Crippen LogP contribution in [0.1, 0.15) is 60.5 Å². The average molecular weight is 1020 g/mol. The molecule has 7 heterocycles. The van der Waals surface area contributed by atoms with Crippen LogP contribution in [0.15, 0.2) is 71.5 Å². The van der Waals surface area contributed by atoms with Crippen molar-refractivity contribution < 1.29 is 23.7 Å². The topological polar surface area (TPSA) is 168 Å². The van der Waals surface area contributed by atoms with E-state index in [1.54, 1.807) is 37.7 Å². The monoisotopic (exact) mass is 1020 g/mol. The molecule has 5 aliphatic heterocycles. The second-order valence-electron chi connectivity index (χ2n) is 19.5. The number of benzene rings is 3. The van der Waals surface area contributed by atoms with Crippen molar-refractivity contribution >= 4 is 91.5 Å². The van der Waals surface area contributed by atoms with Gasteiger partial charge in [0.25, 0.3) is 5.91 Å². The number of nitrogens with one attached hydrogen (secondary N) is 3. The standard InChI is InChI=1S/C51H61BrN11O5P/c1-5-33-25-41(56-51-54-27-39(52)48(58-51)55-42-28-53-40-9-7-6-8-38(40)47(42)69(3,4)67)45(68-2)26-44(33)61-18-15-35(16-19-61)60-22-20-59(21-23-60)29-32-14-17-62(30-32)36-10-11-37-34(24-36)31-63(50(37)66)43-12-13-46(64)57-49(43)65/h6-11,24-28,32,35,43H,5,12-23,29-31H2,1-4H3,(H,57,64,65)(H2,54,55,56,58). The second-order valence-corrected chi connectivity index (χ2v) is 23.5. The second kappa shape index (κ2) is 19.6. The summed E-state index contributed by atoms with van der Waals surface area (Å²) in [6, 6.07) is 18.1. The van der Waals surface area contributed by atoms with Crippen LogP contribution in [0, 0.1) is 5.92 Å². The number of pyridine rings is 1. The van der Waals surface area contributed by atoms with Crippen molar-refractivity contribution in [1.82, 2.24) is 35.0 Å². The first-order valence-corrected chi connectivity index (χ1v) is 27.7. The van der Waals surface area contributed by atoms with E-state index in [-0.39, 0.29) is 24.1 Å². The van der Waals surface area contributed by atoms with E-state index in [2.05, 4.69) is 92.6 Å². The molecule has 0 spiro atoms. The van der Waals surface area contributed by atoms with Gasteiger partial charge in [-0.1, -0.05) is 25.1 Å². The van der Waals surface area contributed by atoms with Gasteiger partial charge in [-0.25, -0.2) is 4.98 Å². The van der Waals surface area contributed by atoms with E-state index >= 15 is 0 Å². The Bertz CT molecular complexity index is 2840. The molecule has 2 aromatic heterocycles. The Balaban J connectivity index is 0.718. The summed E-state index contributed by atoms with van der Waals surface area (Å²) < 4.78 is 20.2. The number of amides is 3. The first kappa shape index (κ1) is 47.1. The summed E-state index contributed by atoms with van der Waals surface area (Å²) in [4.78, 5) is 63.5. The lowest BCUT2D eigenvalue weighted by Crippen LogP contribution is -2.54. The molecule has 0 bridgehead atoms. The number of aromatic nitrogens is 3. The lowest BCUT2D eigenvalue weighted by Gasteiger charge is -2.44. The quantitative estimate of drug-likeness (QED) is 0.0817. The van der Waals surface area contributed by atoms with E-state index in [0.29, 0.717) is 58.2 Å². The molecule has 0 saturated carbocycles. The fourth-order valence-corrected chi connectivity index (χ4v) is 12.9. The van der Waals surface area contributed by atoms with E-state index in [9.17, 15) is 18.9 Å². The third-order valence-electron chi connectivity index (χ3n) is 14.7. The molecule has 2 unspecified atom stereocenters. The largest absolute Gasteiger partial charge is 0.494 e. The molecular formula is C51H61BrN11O5P. The van der Waals surface area contributed by atoms with Crippen molar-refractivity contribution in [3.63, 3.8) is 0 Å². The highest BCUT2D eigenvalue weighted by atomic mass is 79.9. The van der Waals surface area contributed by atoms with Crippen molar-refractivity contribution in [2.45, 2.75) is 64.1 Å². The maximum Gasteiger partial charge on any atom is 0.255 e. The van der Waals surface area contributed by atoms with Gasteiger partial charge < -0.3 is 39.5 Å². The number of halogens is 1. The summed E-state index contributed by atoms with van der Waals surface area (Å²) >= 11 is 3.62. The predicted octanol–water partition coefficient (Wildman–Crippen LogP) is 6.97. The molecule has 0 radical (unpaired) electrons. The highest BCUT2D eigenvalue weighted by molar-refractivity contribution is 9.10. The maximum atomic E-state index is 13.6. The molecule has 4 fully saturated rings. The van der Waals surface area contributed by atoms with E-state index in [1.165, 1.54) is 11.3 Å². The Hall–Kier alpha value is -5.61. The number of piperidine rings is 2. The molecule has 2 atom stereocenters. The first-order chi connectivity index (χ1) is 33.3. The van der Waals surface area contributed by atoms with Crippen LogP contribution in [0.3, 0.4) is 0 Å². The summed E-state index contributed by atoms with van der Waals surface area (Å²) in [6.45, 7) is 15.5. The summed E-state index contributed by atoms with van der Waals surface area (Å²) in [6.07, 6.45) is 8.27. The Labute approximate surface area is 412 Å². The number of hydrogen-bond donors (Lipinski definition) is 3. The fourth-order valence-electron chi connectivity index (χ4n) is 11.1. The van der Waals surface area contributed by atoms with E-state index in [0.717, 1.165) is 118 Å². The minimum atomic E-state index is -2.71. The number of carbonyl (C=O) groups excluding carboxylic acids is 3. The summed E-state index contributed by atoms with van der Waals surface area (Å²) in [5, 5.41) is 10.8. The van der Waals surface area contributed by atoms with Crippen molar-refractivity contribution in [3.8, 4) is 5.75 Å². The molecule has 0 aliphatic carbocycles. The number of ether oxygens (including phenoxy) is 1. The SMILES string of the molecule is CCc1cc(Nc2ncc(Br)c(Nc3cnc4ccccc4c3P(C)(C)=O)n2)c(OC)cc1N1CCC(N2CCN(CC3CCN(c4ccc5c(c4)CN(C4CCC(=O)NC4=O)C5=O)C3)CC2)CC1. The van der Waals surface area contributed by atoms with Gasteiger partial charge in [-0.2, -0.15) is 4.98 Å². The number of aryl methyl sites for hydroxylation is 1. The number of methoxy groups -OCH3 is 1. The van der Waals surface area contributed by atoms with Crippen molar-refractivity contribution in [2.75, 3.05) is 99.8 Å². The predicted molar refractivity (Wildman–Crippen MR) is 276 cm³/mol. The van der Waals surface area contributed by atoms with Gasteiger partial charge in [0.05, 0.1) is 34.7 Å². The van der Waals surface area contributed by atoms with Gasteiger partial charge in [0.2, 0.25) is 17.8 Å². The third kappa shape index (κ3) is 9.80. The van der Waals surface area contributed by atoms with Crippen LogP contribution in [0.25, 0.3) is 10.9 Å². The number of rotatable bonds is 13. The zero-order valence-electron chi connectivity index (χ0n) is 39.8. The zero-order chi connectivity index (χ0) is 48.0. The molecule has 3 amide bonds. The number of nitrogens with zero attached hydrogens (tertiary/aromatic N) is 8. The number of para-hydroxylation sites is 1. The minimum absolute atomic E-state index is 0.127. The van der Waals surface area contributed by atoms with Crippen molar-refractivity contribution in [3.05, 3.63) is 88.2 Å². The maximum absolute atomic E-state index is 13.6.